The molecule has 0 unspecified atom stereocenters. The average Bonchev–Trinajstić information content (AvgIpc) is 2.63. The van der Waals surface area contributed by atoms with E-state index in [1.807, 2.05) is 12.1 Å². The molecule has 0 bridgehead atoms. The van der Waals surface area contributed by atoms with Gasteiger partial charge >= 0.3 is 0 Å². The molecular formula is C22H22ClN. The van der Waals surface area contributed by atoms with E-state index < -0.39 is 0 Å². The zero-order valence-electron chi connectivity index (χ0n) is 13.7. The Hall–Kier alpha value is -2.09. The van der Waals surface area contributed by atoms with E-state index in [0.29, 0.717) is 6.04 Å². The molecule has 0 spiro atoms. The second kappa shape index (κ2) is 8.68. The Bertz CT molecular complexity index is 681. The molecule has 24 heavy (non-hydrogen) atoms. The number of halogens is 1. The van der Waals surface area contributed by atoms with Gasteiger partial charge < -0.3 is 5.32 Å². The van der Waals surface area contributed by atoms with Crippen LogP contribution in [0, 0.1) is 0 Å². The first-order chi connectivity index (χ1) is 11.8. The summed E-state index contributed by atoms with van der Waals surface area (Å²) in [6.45, 7) is 0.849. The SMILES string of the molecule is Clc1ccc(CNC(Cc2ccccc2)Cc2ccccc2)cc1. The van der Waals surface area contributed by atoms with Crippen LogP contribution in [0.25, 0.3) is 0 Å². The highest BCUT2D eigenvalue weighted by Gasteiger charge is 2.10. The second-order valence-corrected chi connectivity index (χ2v) is 6.52. The Morgan fingerprint density at radius 2 is 1.12 bits per heavy atom. The normalized spacial score (nSPS) is 10.9. The molecule has 0 saturated carbocycles. The number of hydrogen-bond donors (Lipinski definition) is 1. The molecule has 122 valence electrons. The Labute approximate surface area is 149 Å². The summed E-state index contributed by atoms with van der Waals surface area (Å²) in [6, 6.07) is 29.8. The van der Waals surface area contributed by atoms with Gasteiger partial charge in [0.05, 0.1) is 0 Å². The van der Waals surface area contributed by atoms with E-state index in [0.717, 1.165) is 24.4 Å². The summed E-state index contributed by atoms with van der Waals surface area (Å²) in [5.74, 6) is 0. The van der Waals surface area contributed by atoms with Crippen LogP contribution in [0.1, 0.15) is 16.7 Å². The van der Waals surface area contributed by atoms with Crippen LogP contribution in [0.15, 0.2) is 84.9 Å². The zero-order valence-corrected chi connectivity index (χ0v) is 14.4. The minimum atomic E-state index is 0.394. The number of benzene rings is 3. The van der Waals surface area contributed by atoms with Crippen molar-refractivity contribution in [2.75, 3.05) is 0 Å². The highest BCUT2D eigenvalue weighted by Crippen LogP contribution is 2.12. The summed E-state index contributed by atoms with van der Waals surface area (Å²) in [5, 5.41) is 4.49. The number of hydrogen-bond acceptors (Lipinski definition) is 1. The molecule has 0 aromatic heterocycles. The van der Waals surface area contributed by atoms with Gasteiger partial charge in [-0.1, -0.05) is 84.4 Å². The Balaban J connectivity index is 1.67. The summed E-state index contributed by atoms with van der Waals surface area (Å²) in [4.78, 5) is 0. The van der Waals surface area contributed by atoms with Gasteiger partial charge in [0, 0.05) is 17.6 Å². The van der Waals surface area contributed by atoms with Gasteiger partial charge in [0.25, 0.3) is 0 Å². The van der Waals surface area contributed by atoms with Gasteiger partial charge in [0.2, 0.25) is 0 Å². The maximum atomic E-state index is 5.97. The number of rotatable bonds is 7. The Morgan fingerprint density at radius 3 is 1.62 bits per heavy atom. The van der Waals surface area contributed by atoms with Crippen molar-refractivity contribution in [1.82, 2.24) is 5.32 Å². The van der Waals surface area contributed by atoms with Crippen LogP contribution in [-0.2, 0) is 19.4 Å². The zero-order chi connectivity index (χ0) is 16.6. The molecule has 3 aromatic carbocycles. The lowest BCUT2D eigenvalue weighted by atomic mass is 9.98. The first-order valence-corrected chi connectivity index (χ1v) is 8.73. The summed E-state index contributed by atoms with van der Waals surface area (Å²) in [7, 11) is 0. The third kappa shape index (κ3) is 5.23. The molecule has 2 heteroatoms. The summed E-state index contributed by atoms with van der Waals surface area (Å²) in [5.41, 5.74) is 3.98. The third-order valence-corrected chi connectivity index (χ3v) is 4.41. The van der Waals surface area contributed by atoms with Crippen LogP contribution >= 0.6 is 11.6 Å². The quantitative estimate of drug-likeness (QED) is 0.619. The fourth-order valence-corrected chi connectivity index (χ4v) is 3.00. The fourth-order valence-electron chi connectivity index (χ4n) is 2.88. The van der Waals surface area contributed by atoms with E-state index in [9.17, 15) is 0 Å². The van der Waals surface area contributed by atoms with Gasteiger partial charge in [-0.05, 0) is 41.7 Å². The number of nitrogens with one attached hydrogen (secondary N) is 1. The second-order valence-electron chi connectivity index (χ2n) is 6.08. The standard InChI is InChI=1S/C22H22ClN/c23-21-13-11-20(12-14-21)17-24-22(15-18-7-3-1-4-8-18)16-19-9-5-2-6-10-19/h1-14,22,24H,15-17H2. The summed E-state index contributed by atoms with van der Waals surface area (Å²) in [6.07, 6.45) is 2.03. The smallest absolute Gasteiger partial charge is 0.0406 e. The van der Waals surface area contributed by atoms with Crippen molar-refractivity contribution in [3.63, 3.8) is 0 Å². The molecule has 0 heterocycles. The van der Waals surface area contributed by atoms with E-state index in [-0.39, 0.29) is 0 Å². The molecule has 0 atom stereocenters. The van der Waals surface area contributed by atoms with Crippen molar-refractivity contribution in [2.24, 2.45) is 0 Å². The van der Waals surface area contributed by atoms with E-state index in [1.165, 1.54) is 16.7 Å². The Kier molecular flexibility index (Phi) is 6.06. The molecule has 0 fully saturated rings. The average molecular weight is 336 g/mol. The van der Waals surface area contributed by atoms with Crippen LogP contribution in [0.5, 0.6) is 0 Å². The third-order valence-electron chi connectivity index (χ3n) is 4.16. The molecule has 3 aromatic rings. The van der Waals surface area contributed by atoms with Crippen molar-refractivity contribution < 1.29 is 0 Å². The molecule has 0 aliphatic carbocycles. The summed E-state index contributed by atoms with van der Waals surface area (Å²) >= 11 is 5.97. The summed E-state index contributed by atoms with van der Waals surface area (Å²) < 4.78 is 0. The predicted molar refractivity (Wildman–Crippen MR) is 102 cm³/mol. The lowest BCUT2D eigenvalue weighted by molar-refractivity contribution is 0.505. The van der Waals surface area contributed by atoms with Gasteiger partial charge in [0.15, 0.2) is 0 Å². The molecule has 0 radical (unpaired) electrons. The molecule has 0 saturated heterocycles. The van der Waals surface area contributed by atoms with E-state index >= 15 is 0 Å². The van der Waals surface area contributed by atoms with Gasteiger partial charge in [-0.25, -0.2) is 0 Å². The molecule has 0 amide bonds. The molecule has 0 aliphatic rings. The van der Waals surface area contributed by atoms with E-state index in [2.05, 4.69) is 78.1 Å². The van der Waals surface area contributed by atoms with Gasteiger partial charge in [0.1, 0.15) is 0 Å². The first kappa shape index (κ1) is 16.8. The van der Waals surface area contributed by atoms with Crippen LogP contribution in [0.2, 0.25) is 5.02 Å². The lowest BCUT2D eigenvalue weighted by Crippen LogP contribution is -2.32. The van der Waals surface area contributed by atoms with Crippen LogP contribution in [-0.4, -0.2) is 6.04 Å². The Morgan fingerprint density at radius 1 is 0.625 bits per heavy atom. The maximum Gasteiger partial charge on any atom is 0.0406 e. The fraction of sp³-hybridized carbons (Fsp3) is 0.182. The topological polar surface area (TPSA) is 12.0 Å². The first-order valence-electron chi connectivity index (χ1n) is 8.35. The van der Waals surface area contributed by atoms with Crippen LogP contribution in [0.4, 0.5) is 0 Å². The molecular weight excluding hydrogens is 314 g/mol. The van der Waals surface area contributed by atoms with Gasteiger partial charge in [-0.15, -0.1) is 0 Å². The van der Waals surface area contributed by atoms with Gasteiger partial charge in [-0.3, -0.25) is 0 Å². The van der Waals surface area contributed by atoms with Crippen LogP contribution in [0.3, 0.4) is 0 Å². The van der Waals surface area contributed by atoms with E-state index in [4.69, 9.17) is 11.6 Å². The van der Waals surface area contributed by atoms with Crippen molar-refractivity contribution in [3.8, 4) is 0 Å². The van der Waals surface area contributed by atoms with Crippen molar-refractivity contribution in [2.45, 2.75) is 25.4 Å². The molecule has 0 aliphatic heterocycles. The minimum absolute atomic E-state index is 0.394. The van der Waals surface area contributed by atoms with Crippen molar-refractivity contribution >= 4 is 11.6 Å². The van der Waals surface area contributed by atoms with Gasteiger partial charge in [-0.2, -0.15) is 0 Å². The van der Waals surface area contributed by atoms with Crippen molar-refractivity contribution in [1.29, 1.82) is 0 Å². The largest absolute Gasteiger partial charge is 0.309 e. The lowest BCUT2D eigenvalue weighted by Gasteiger charge is -2.19. The maximum absolute atomic E-state index is 5.97. The van der Waals surface area contributed by atoms with E-state index in [1.54, 1.807) is 0 Å². The van der Waals surface area contributed by atoms with Crippen LogP contribution < -0.4 is 5.32 Å². The molecule has 1 nitrogen and oxygen atoms in total. The van der Waals surface area contributed by atoms with Crippen molar-refractivity contribution in [3.05, 3.63) is 107 Å². The molecule has 3 rings (SSSR count). The minimum Gasteiger partial charge on any atom is -0.309 e. The highest BCUT2D eigenvalue weighted by molar-refractivity contribution is 6.30. The highest BCUT2D eigenvalue weighted by atomic mass is 35.5. The monoisotopic (exact) mass is 335 g/mol. The molecule has 1 N–H and O–H groups in total. The predicted octanol–water partition coefficient (Wildman–Crippen LogP) is 5.28.